The summed E-state index contributed by atoms with van der Waals surface area (Å²) in [5.74, 6) is 0.771. The molecule has 0 bridgehead atoms. The number of halogens is 1. The van der Waals surface area contributed by atoms with Crippen LogP contribution in [0.15, 0.2) is 42.6 Å². The van der Waals surface area contributed by atoms with Crippen LogP contribution in [-0.4, -0.2) is 9.97 Å². The Hall–Kier alpha value is -2.01. The van der Waals surface area contributed by atoms with E-state index in [1.165, 1.54) is 30.5 Å². The minimum absolute atomic E-state index is 0.235. The van der Waals surface area contributed by atoms with E-state index in [1.54, 1.807) is 12.1 Å². The molecular formula is C12H9FN2OS. The van der Waals surface area contributed by atoms with E-state index >= 15 is 0 Å². The average molecular weight is 248 g/mol. The van der Waals surface area contributed by atoms with Gasteiger partial charge in [-0.3, -0.25) is 0 Å². The molecule has 1 aromatic heterocycles. The molecule has 0 atom stereocenters. The molecule has 2 aromatic rings. The van der Waals surface area contributed by atoms with Crippen LogP contribution in [0.25, 0.3) is 0 Å². The lowest BCUT2D eigenvalue weighted by molar-refractivity contribution is 0.478. The summed E-state index contributed by atoms with van der Waals surface area (Å²) in [6.45, 7) is 0. The van der Waals surface area contributed by atoms with Gasteiger partial charge in [0.1, 0.15) is 22.3 Å². The summed E-state index contributed by atoms with van der Waals surface area (Å²) in [7, 11) is 0. The molecule has 2 rings (SSSR count). The third-order valence-electron chi connectivity index (χ3n) is 2.04. The van der Waals surface area contributed by atoms with Crippen molar-refractivity contribution in [1.29, 1.82) is 0 Å². The maximum Gasteiger partial charge on any atom is 0.145 e. The molecule has 0 saturated heterocycles. The van der Waals surface area contributed by atoms with Crippen LogP contribution in [-0.2, 0) is 0 Å². The highest BCUT2D eigenvalue weighted by Crippen LogP contribution is 2.20. The zero-order valence-electron chi connectivity index (χ0n) is 8.76. The zero-order valence-corrected chi connectivity index (χ0v) is 9.58. The summed E-state index contributed by atoms with van der Waals surface area (Å²) in [4.78, 5) is 4.26. The Kier molecular flexibility index (Phi) is 3.30. The standard InChI is InChI=1S/C12H9FN2OS/c13-8-1-3-9(4-2-8)16-10-5-6-11(12(14)17)15-7-10/h1-7H,(H2,14,17). The fourth-order valence-corrected chi connectivity index (χ4v) is 1.35. The highest BCUT2D eigenvalue weighted by molar-refractivity contribution is 7.80. The van der Waals surface area contributed by atoms with Crippen LogP contribution in [0.3, 0.4) is 0 Å². The normalized spacial score (nSPS) is 9.94. The number of thiocarbonyl (C=S) groups is 1. The van der Waals surface area contributed by atoms with Gasteiger partial charge in [-0.1, -0.05) is 12.2 Å². The molecule has 3 nitrogen and oxygen atoms in total. The lowest BCUT2D eigenvalue weighted by atomic mass is 10.3. The van der Waals surface area contributed by atoms with Crippen LogP contribution in [0.4, 0.5) is 4.39 Å². The number of rotatable bonds is 3. The monoisotopic (exact) mass is 248 g/mol. The highest BCUT2D eigenvalue weighted by Gasteiger charge is 2.00. The Morgan fingerprint density at radius 1 is 1.12 bits per heavy atom. The third-order valence-corrected chi connectivity index (χ3v) is 2.25. The summed E-state index contributed by atoms with van der Waals surface area (Å²) < 4.78 is 18.1. The fourth-order valence-electron chi connectivity index (χ4n) is 1.23. The predicted molar refractivity (Wildman–Crippen MR) is 66.6 cm³/mol. The number of pyridine rings is 1. The van der Waals surface area contributed by atoms with Crippen molar-refractivity contribution in [2.45, 2.75) is 0 Å². The maximum atomic E-state index is 12.7. The smallest absolute Gasteiger partial charge is 0.145 e. The second kappa shape index (κ2) is 4.88. The van der Waals surface area contributed by atoms with Gasteiger partial charge in [0.2, 0.25) is 0 Å². The summed E-state index contributed by atoms with van der Waals surface area (Å²) in [5, 5.41) is 0. The minimum Gasteiger partial charge on any atom is -0.456 e. The van der Waals surface area contributed by atoms with E-state index in [9.17, 15) is 4.39 Å². The van der Waals surface area contributed by atoms with Crippen molar-refractivity contribution < 1.29 is 9.13 Å². The molecular weight excluding hydrogens is 239 g/mol. The molecule has 0 radical (unpaired) electrons. The van der Waals surface area contributed by atoms with Crippen molar-refractivity contribution in [2.75, 3.05) is 0 Å². The van der Waals surface area contributed by atoms with Crippen LogP contribution in [0.5, 0.6) is 11.5 Å². The van der Waals surface area contributed by atoms with Crippen LogP contribution in [0.2, 0.25) is 0 Å². The summed E-state index contributed by atoms with van der Waals surface area (Å²) in [5.41, 5.74) is 5.95. The second-order valence-corrected chi connectivity index (χ2v) is 3.74. The Bertz CT molecular complexity index is 525. The van der Waals surface area contributed by atoms with Gasteiger partial charge in [-0.25, -0.2) is 9.37 Å². The molecule has 0 aliphatic heterocycles. The summed E-state index contributed by atoms with van der Waals surface area (Å²) in [6, 6.07) is 9.10. The van der Waals surface area contributed by atoms with E-state index in [0.29, 0.717) is 17.2 Å². The molecule has 17 heavy (non-hydrogen) atoms. The summed E-state index contributed by atoms with van der Waals surface area (Å²) >= 11 is 4.78. The fraction of sp³-hybridized carbons (Fsp3) is 0. The topological polar surface area (TPSA) is 48.1 Å². The first-order chi connectivity index (χ1) is 8.15. The molecule has 0 aliphatic rings. The van der Waals surface area contributed by atoms with Gasteiger partial charge in [0.15, 0.2) is 0 Å². The molecule has 2 N–H and O–H groups in total. The van der Waals surface area contributed by atoms with Gasteiger partial charge >= 0.3 is 0 Å². The molecule has 0 fully saturated rings. The first kappa shape index (κ1) is 11.5. The van der Waals surface area contributed by atoms with Crippen LogP contribution >= 0.6 is 12.2 Å². The molecule has 1 heterocycles. The summed E-state index contributed by atoms with van der Waals surface area (Å²) in [6.07, 6.45) is 1.51. The first-order valence-electron chi connectivity index (χ1n) is 4.84. The number of hydrogen-bond acceptors (Lipinski definition) is 3. The van der Waals surface area contributed by atoms with E-state index in [-0.39, 0.29) is 10.8 Å². The zero-order chi connectivity index (χ0) is 12.3. The molecule has 5 heteroatoms. The number of ether oxygens (including phenoxy) is 1. The molecule has 0 aliphatic carbocycles. The molecule has 0 saturated carbocycles. The van der Waals surface area contributed by atoms with Crippen molar-refractivity contribution in [3.8, 4) is 11.5 Å². The van der Waals surface area contributed by atoms with Crippen molar-refractivity contribution in [3.63, 3.8) is 0 Å². The highest BCUT2D eigenvalue weighted by atomic mass is 32.1. The molecule has 0 spiro atoms. The lowest BCUT2D eigenvalue weighted by Crippen LogP contribution is -2.10. The number of hydrogen-bond donors (Lipinski definition) is 1. The first-order valence-corrected chi connectivity index (χ1v) is 5.25. The number of benzene rings is 1. The Morgan fingerprint density at radius 3 is 2.29 bits per heavy atom. The van der Waals surface area contributed by atoms with Gasteiger partial charge in [-0.15, -0.1) is 0 Å². The minimum atomic E-state index is -0.306. The quantitative estimate of drug-likeness (QED) is 0.848. The van der Waals surface area contributed by atoms with Crippen molar-refractivity contribution in [1.82, 2.24) is 4.98 Å². The van der Waals surface area contributed by atoms with Crippen molar-refractivity contribution in [2.24, 2.45) is 5.73 Å². The SMILES string of the molecule is NC(=S)c1ccc(Oc2ccc(F)cc2)cn1. The third kappa shape index (κ3) is 2.98. The van der Waals surface area contributed by atoms with E-state index in [4.69, 9.17) is 22.7 Å². The van der Waals surface area contributed by atoms with E-state index in [2.05, 4.69) is 4.98 Å². The van der Waals surface area contributed by atoms with Gasteiger partial charge in [0.25, 0.3) is 0 Å². The molecule has 0 unspecified atom stereocenters. The van der Waals surface area contributed by atoms with E-state index < -0.39 is 0 Å². The van der Waals surface area contributed by atoms with Crippen LogP contribution in [0.1, 0.15) is 5.69 Å². The Labute approximate surface area is 103 Å². The van der Waals surface area contributed by atoms with Gasteiger partial charge in [-0.2, -0.15) is 0 Å². The van der Waals surface area contributed by atoms with Crippen molar-refractivity contribution >= 4 is 17.2 Å². The largest absolute Gasteiger partial charge is 0.456 e. The van der Waals surface area contributed by atoms with Gasteiger partial charge < -0.3 is 10.5 Å². The Balaban J connectivity index is 2.13. The van der Waals surface area contributed by atoms with E-state index in [1.807, 2.05) is 0 Å². The molecule has 0 amide bonds. The van der Waals surface area contributed by atoms with Crippen molar-refractivity contribution in [3.05, 3.63) is 54.1 Å². The van der Waals surface area contributed by atoms with Crippen LogP contribution < -0.4 is 10.5 Å². The second-order valence-electron chi connectivity index (χ2n) is 3.30. The van der Waals surface area contributed by atoms with E-state index in [0.717, 1.165) is 0 Å². The maximum absolute atomic E-state index is 12.7. The lowest BCUT2D eigenvalue weighted by Gasteiger charge is -2.05. The van der Waals surface area contributed by atoms with Gasteiger partial charge in [-0.05, 0) is 36.4 Å². The van der Waals surface area contributed by atoms with Crippen LogP contribution in [0, 0.1) is 5.82 Å². The Morgan fingerprint density at radius 2 is 1.76 bits per heavy atom. The predicted octanol–water partition coefficient (Wildman–Crippen LogP) is 2.65. The number of aromatic nitrogens is 1. The molecule has 86 valence electrons. The number of nitrogens with two attached hydrogens (primary N) is 1. The van der Waals surface area contributed by atoms with Gasteiger partial charge in [0.05, 0.1) is 11.9 Å². The molecule has 1 aromatic carbocycles. The number of nitrogens with zero attached hydrogens (tertiary/aromatic N) is 1. The van der Waals surface area contributed by atoms with Gasteiger partial charge in [0, 0.05) is 0 Å². The average Bonchev–Trinajstić information content (AvgIpc) is 2.33.